The van der Waals surface area contributed by atoms with E-state index in [2.05, 4.69) is 0 Å². The summed E-state index contributed by atoms with van der Waals surface area (Å²) in [4.78, 5) is 11.0. The van der Waals surface area contributed by atoms with Crippen LogP contribution in [0.25, 0.3) is 11.1 Å². The van der Waals surface area contributed by atoms with Crippen molar-refractivity contribution in [1.82, 2.24) is 0 Å². The number of hydrogen-bond donors (Lipinski definition) is 5. The van der Waals surface area contributed by atoms with Crippen LogP contribution in [0.5, 0.6) is 5.75 Å². The highest BCUT2D eigenvalue weighted by Crippen LogP contribution is 2.30. The van der Waals surface area contributed by atoms with Gasteiger partial charge in [0.15, 0.2) is 0 Å². The molecule has 0 radical (unpaired) electrons. The summed E-state index contributed by atoms with van der Waals surface area (Å²) in [6.45, 7) is 1.25. The molecule has 2 aromatic rings. The van der Waals surface area contributed by atoms with Crippen molar-refractivity contribution < 1.29 is 39.8 Å². The summed E-state index contributed by atoms with van der Waals surface area (Å²) in [5.41, 5.74) is 2.59. The van der Waals surface area contributed by atoms with Crippen LogP contribution in [-0.2, 0) is 4.74 Å². The van der Waals surface area contributed by atoms with E-state index in [4.69, 9.17) is 14.6 Å². The fourth-order valence-corrected chi connectivity index (χ4v) is 3.06. The molecule has 0 aromatic heterocycles. The van der Waals surface area contributed by atoms with Gasteiger partial charge in [-0.25, -0.2) is 4.79 Å². The van der Waals surface area contributed by atoms with Crippen LogP contribution in [0.3, 0.4) is 0 Å². The highest BCUT2D eigenvalue weighted by molar-refractivity contribution is 5.88. The Morgan fingerprint density at radius 3 is 2.21 bits per heavy atom. The van der Waals surface area contributed by atoms with E-state index in [-0.39, 0.29) is 5.56 Å². The van der Waals surface area contributed by atoms with Crippen LogP contribution in [0.15, 0.2) is 42.5 Å². The smallest absolute Gasteiger partial charge is 0.335 e. The van der Waals surface area contributed by atoms with Crippen molar-refractivity contribution in [2.75, 3.05) is 6.61 Å². The lowest BCUT2D eigenvalue weighted by Gasteiger charge is -2.39. The molecule has 1 aliphatic heterocycles. The number of ether oxygens (including phenoxy) is 2. The molecule has 1 heterocycles. The second-order valence-corrected chi connectivity index (χ2v) is 6.68. The molecule has 2 aromatic carbocycles. The number of carboxylic acids is 1. The Bertz CT molecular complexity index is 833. The van der Waals surface area contributed by atoms with Crippen molar-refractivity contribution in [2.45, 2.75) is 37.6 Å². The van der Waals surface area contributed by atoms with E-state index in [1.807, 2.05) is 6.07 Å². The summed E-state index contributed by atoms with van der Waals surface area (Å²) in [7, 11) is 0. The third-order valence-corrected chi connectivity index (χ3v) is 4.73. The first kappa shape index (κ1) is 20.2. The van der Waals surface area contributed by atoms with Gasteiger partial charge in [0, 0.05) is 0 Å². The Hall–Kier alpha value is -2.49. The molecule has 3 rings (SSSR count). The van der Waals surface area contributed by atoms with Gasteiger partial charge in [0.1, 0.15) is 30.2 Å². The molecule has 8 heteroatoms. The molecule has 8 nitrogen and oxygen atoms in total. The molecule has 0 saturated carbocycles. The van der Waals surface area contributed by atoms with Gasteiger partial charge in [0.2, 0.25) is 6.29 Å². The quantitative estimate of drug-likeness (QED) is 0.499. The molecule has 28 heavy (non-hydrogen) atoms. The fraction of sp³-hybridized carbons (Fsp3) is 0.350. The Labute approximate surface area is 161 Å². The Morgan fingerprint density at radius 1 is 1.00 bits per heavy atom. The molecule has 5 atom stereocenters. The molecular weight excluding hydrogens is 368 g/mol. The van der Waals surface area contributed by atoms with Crippen molar-refractivity contribution >= 4 is 5.97 Å². The lowest BCUT2D eigenvalue weighted by molar-refractivity contribution is -0.277. The highest BCUT2D eigenvalue weighted by Gasteiger charge is 2.44. The zero-order valence-electron chi connectivity index (χ0n) is 15.1. The summed E-state index contributed by atoms with van der Waals surface area (Å²) in [6, 6.07) is 11.7. The molecule has 5 N–H and O–H groups in total. The maximum absolute atomic E-state index is 11.0. The van der Waals surface area contributed by atoms with Gasteiger partial charge in [0.05, 0.1) is 12.2 Å². The highest BCUT2D eigenvalue weighted by atomic mass is 16.7. The molecule has 0 unspecified atom stereocenters. The number of benzene rings is 2. The molecule has 1 fully saturated rings. The van der Waals surface area contributed by atoms with E-state index >= 15 is 0 Å². The van der Waals surface area contributed by atoms with Crippen LogP contribution >= 0.6 is 0 Å². The third-order valence-electron chi connectivity index (χ3n) is 4.73. The SMILES string of the molecule is Cc1cc(-c2ccc(C(=O)O)cc2)ccc1O[C@H]1O[C@H](CO)[C@@H](O)[C@H](O)[C@@H]1O. The number of carboxylic acid groups (broad SMARTS) is 1. The molecule has 0 amide bonds. The number of aryl methyl sites for hydroxylation is 1. The van der Waals surface area contributed by atoms with Gasteiger partial charge in [-0.05, 0) is 47.9 Å². The van der Waals surface area contributed by atoms with Crippen molar-refractivity contribution in [3.63, 3.8) is 0 Å². The summed E-state index contributed by atoms with van der Waals surface area (Å²) in [6.07, 6.45) is -6.74. The summed E-state index contributed by atoms with van der Waals surface area (Å²) < 4.78 is 11.0. The number of rotatable bonds is 5. The van der Waals surface area contributed by atoms with Crippen molar-refractivity contribution in [3.8, 4) is 16.9 Å². The van der Waals surface area contributed by atoms with Crippen LogP contribution in [0.1, 0.15) is 15.9 Å². The first-order valence-corrected chi connectivity index (χ1v) is 8.73. The normalized spacial score (nSPS) is 27.4. The summed E-state index contributed by atoms with van der Waals surface area (Å²) >= 11 is 0. The van der Waals surface area contributed by atoms with E-state index in [1.165, 1.54) is 12.1 Å². The number of aliphatic hydroxyl groups is 4. The van der Waals surface area contributed by atoms with Crippen LogP contribution < -0.4 is 4.74 Å². The maximum atomic E-state index is 11.0. The van der Waals surface area contributed by atoms with Gasteiger partial charge in [0.25, 0.3) is 0 Å². The lowest BCUT2D eigenvalue weighted by atomic mass is 9.99. The molecule has 1 saturated heterocycles. The minimum Gasteiger partial charge on any atom is -0.478 e. The van der Waals surface area contributed by atoms with E-state index in [0.29, 0.717) is 5.75 Å². The van der Waals surface area contributed by atoms with Gasteiger partial charge in [-0.15, -0.1) is 0 Å². The minimum atomic E-state index is -1.51. The number of aromatic carboxylic acids is 1. The van der Waals surface area contributed by atoms with Gasteiger partial charge >= 0.3 is 5.97 Å². The minimum absolute atomic E-state index is 0.197. The predicted molar refractivity (Wildman–Crippen MR) is 98.0 cm³/mol. The second kappa shape index (κ2) is 8.26. The zero-order chi connectivity index (χ0) is 20.4. The van der Waals surface area contributed by atoms with Crippen molar-refractivity contribution in [1.29, 1.82) is 0 Å². The van der Waals surface area contributed by atoms with Crippen molar-refractivity contribution in [2.24, 2.45) is 0 Å². The Balaban J connectivity index is 1.78. The molecule has 0 aliphatic carbocycles. The van der Waals surface area contributed by atoms with E-state index in [1.54, 1.807) is 31.2 Å². The molecule has 0 spiro atoms. The van der Waals surface area contributed by atoms with E-state index in [9.17, 15) is 25.2 Å². The second-order valence-electron chi connectivity index (χ2n) is 6.68. The van der Waals surface area contributed by atoms with Crippen LogP contribution in [0, 0.1) is 6.92 Å². The van der Waals surface area contributed by atoms with Gasteiger partial charge < -0.3 is 35.0 Å². The lowest BCUT2D eigenvalue weighted by Crippen LogP contribution is -2.60. The molecule has 1 aliphatic rings. The first-order valence-electron chi connectivity index (χ1n) is 8.73. The van der Waals surface area contributed by atoms with E-state index < -0.39 is 43.3 Å². The van der Waals surface area contributed by atoms with Crippen LogP contribution in [-0.4, -0.2) is 68.8 Å². The first-order chi connectivity index (χ1) is 13.3. The standard InChI is InChI=1S/C20H22O8/c1-10-8-13(11-2-4-12(5-3-11)19(25)26)6-7-14(10)27-20-18(24)17(23)16(22)15(9-21)28-20/h2-8,15-18,20-24H,9H2,1H3,(H,25,26)/t15-,16-,17+,18+,20+/m1/s1. The Morgan fingerprint density at radius 2 is 1.64 bits per heavy atom. The van der Waals surface area contributed by atoms with E-state index in [0.717, 1.165) is 16.7 Å². The largest absolute Gasteiger partial charge is 0.478 e. The maximum Gasteiger partial charge on any atom is 0.335 e. The topological polar surface area (TPSA) is 137 Å². The number of aliphatic hydroxyl groups excluding tert-OH is 4. The molecule has 150 valence electrons. The van der Waals surface area contributed by atoms with Gasteiger partial charge in [-0.2, -0.15) is 0 Å². The monoisotopic (exact) mass is 390 g/mol. The number of carbonyl (C=O) groups is 1. The van der Waals surface area contributed by atoms with Gasteiger partial charge in [-0.3, -0.25) is 0 Å². The Kier molecular flexibility index (Phi) is 5.97. The van der Waals surface area contributed by atoms with Crippen molar-refractivity contribution in [3.05, 3.63) is 53.6 Å². The molecular formula is C20H22O8. The van der Waals surface area contributed by atoms with Crippen LogP contribution in [0.4, 0.5) is 0 Å². The summed E-state index contributed by atoms with van der Waals surface area (Å²) in [5, 5.41) is 48.0. The zero-order valence-corrected chi connectivity index (χ0v) is 15.1. The predicted octanol–water partition coefficient (Wildman–Crippen LogP) is 0.539. The average molecular weight is 390 g/mol. The van der Waals surface area contributed by atoms with Crippen LogP contribution in [0.2, 0.25) is 0 Å². The third kappa shape index (κ3) is 4.01. The summed E-state index contributed by atoms with van der Waals surface area (Å²) in [5.74, 6) is -0.596. The van der Waals surface area contributed by atoms with Gasteiger partial charge in [-0.1, -0.05) is 18.2 Å². The number of hydrogen-bond acceptors (Lipinski definition) is 7. The fourth-order valence-electron chi connectivity index (χ4n) is 3.06. The average Bonchev–Trinajstić information content (AvgIpc) is 2.69. The molecule has 0 bridgehead atoms.